The maximum absolute atomic E-state index is 8.77. The second-order valence-corrected chi connectivity index (χ2v) is 11.3. The third-order valence-electron chi connectivity index (χ3n) is 8.78. The molecule has 0 saturated carbocycles. The minimum Gasteiger partial charge on any atom is -0.456 e. The molecular formula is C44H28O. The van der Waals surface area contributed by atoms with Crippen LogP contribution in [0.3, 0.4) is 0 Å². The first kappa shape index (κ1) is 20.9. The zero-order valence-electron chi connectivity index (χ0n) is 29.2. The molecule has 0 saturated heterocycles. The SMILES string of the molecule is [2H]c1c([2H])c([2H])c(-c2ccccc2-c2c3ccccc3c(-c3ccc(-c4ccc5oc6ccccc6c5c4)cc3)c3ccccc23)c([2H])c1[2H]. The molecule has 0 aliphatic heterocycles. The van der Waals surface area contributed by atoms with Crippen molar-refractivity contribution in [2.45, 2.75) is 0 Å². The highest BCUT2D eigenvalue weighted by Crippen LogP contribution is 2.46. The Kier molecular flexibility index (Phi) is 4.81. The van der Waals surface area contributed by atoms with Gasteiger partial charge in [0.25, 0.3) is 0 Å². The van der Waals surface area contributed by atoms with E-state index < -0.39 is 6.04 Å². The first-order chi connectivity index (χ1) is 24.4. The van der Waals surface area contributed by atoms with Crippen LogP contribution in [-0.2, 0) is 0 Å². The van der Waals surface area contributed by atoms with Gasteiger partial charge < -0.3 is 4.42 Å². The van der Waals surface area contributed by atoms with Crippen molar-refractivity contribution in [2.75, 3.05) is 0 Å². The second-order valence-electron chi connectivity index (χ2n) is 11.3. The van der Waals surface area contributed by atoms with Crippen molar-refractivity contribution in [2.24, 2.45) is 0 Å². The van der Waals surface area contributed by atoms with Gasteiger partial charge in [0.15, 0.2) is 0 Å². The van der Waals surface area contributed by atoms with Crippen LogP contribution in [0.5, 0.6) is 0 Å². The predicted molar refractivity (Wildman–Crippen MR) is 190 cm³/mol. The zero-order chi connectivity index (χ0) is 34.1. The molecule has 1 nitrogen and oxygen atoms in total. The topological polar surface area (TPSA) is 13.1 Å². The third-order valence-corrected chi connectivity index (χ3v) is 8.78. The lowest BCUT2D eigenvalue weighted by Crippen LogP contribution is -1.92. The Balaban J connectivity index is 1.25. The minimum absolute atomic E-state index is 0.195. The van der Waals surface area contributed by atoms with Crippen molar-refractivity contribution in [1.82, 2.24) is 0 Å². The number of benzene rings is 8. The fourth-order valence-corrected chi connectivity index (χ4v) is 6.77. The monoisotopic (exact) mass is 577 g/mol. The molecule has 45 heavy (non-hydrogen) atoms. The van der Waals surface area contributed by atoms with Gasteiger partial charge in [-0.1, -0.05) is 152 Å². The van der Waals surface area contributed by atoms with Crippen LogP contribution in [-0.4, -0.2) is 0 Å². The Morgan fingerprint density at radius 1 is 0.356 bits per heavy atom. The Morgan fingerprint density at radius 3 is 1.56 bits per heavy atom. The van der Waals surface area contributed by atoms with Crippen molar-refractivity contribution < 1.29 is 11.3 Å². The van der Waals surface area contributed by atoms with Gasteiger partial charge in [0.2, 0.25) is 0 Å². The van der Waals surface area contributed by atoms with Gasteiger partial charge in [-0.15, -0.1) is 0 Å². The Bertz CT molecular complexity index is 2730. The first-order valence-corrected chi connectivity index (χ1v) is 15.0. The molecule has 0 spiro atoms. The molecule has 1 heterocycles. The molecule has 0 radical (unpaired) electrons. The van der Waals surface area contributed by atoms with Crippen molar-refractivity contribution in [3.05, 3.63) is 170 Å². The van der Waals surface area contributed by atoms with E-state index in [9.17, 15) is 0 Å². The maximum atomic E-state index is 8.77. The predicted octanol–water partition coefficient (Wildman–Crippen LogP) is 12.6. The lowest BCUT2D eigenvalue weighted by Gasteiger charge is -2.19. The van der Waals surface area contributed by atoms with Gasteiger partial charge in [0, 0.05) is 10.8 Å². The molecule has 9 rings (SSSR count). The minimum atomic E-state index is -0.400. The summed E-state index contributed by atoms with van der Waals surface area (Å²) in [7, 11) is 0. The van der Waals surface area contributed by atoms with Crippen molar-refractivity contribution >= 4 is 43.5 Å². The molecule has 0 atom stereocenters. The quantitative estimate of drug-likeness (QED) is 0.190. The molecule has 1 aromatic heterocycles. The first-order valence-electron chi connectivity index (χ1n) is 17.5. The number of furan rings is 1. The molecule has 0 aliphatic carbocycles. The molecule has 0 fully saturated rings. The molecule has 0 bridgehead atoms. The van der Waals surface area contributed by atoms with Gasteiger partial charge in [-0.2, -0.15) is 0 Å². The molecule has 8 aromatic carbocycles. The highest BCUT2D eigenvalue weighted by Gasteiger charge is 2.18. The van der Waals surface area contributed by atoms with E-state index in [1.165, 1.54) is 0 Å². The van der Waals surface area contributed by atoms with Gasteiger partial charge in [0.05, 0.1) is 6.85 Å². The largest absolute Gasteiger partial charge is 0.456 e. The normalized spacial score (nSPS) is 13.1. The summed E-state index contributed by atoms with van der Waals surface area (Å²) in [6.45, 7) is 0. The van der Waals surface area contributed by atoms with Crippen molar-refractivity contribution in [3.63, 3.8) is 0 Å². The lowest BCUT2D eigenvalue weighted by atomic mass is 9.83. The van der Waals surface area contributed by atoms with Crippen molar-refractivity contribution in [3.8, 4) is 44.5 Å². The Morgan fingerprint density at radius 2 is 0.867 bits per heavy atom. The fraction of sp³-hybridized carbons (Fsp3) is 0. The van der Waals surface area contributed by atoms with E-state index in [1.54, 1.807) is 0 Å². The summed E-state index contributed by atoms with van der Waals surface area (Å²) >= 11 is 0. The molecule has 0 unspecified atom stereocenters. The van der Waals surface area contributed by atoms with Crippen LogP contribution in [0.1, 0.15) is 6.85 Å². The third kappa shape index (κ3) is 4.17. The number of rotatable bonds is 4. The van der Waals surface area contributed by atoms with E-state index in [0.29, 0.717) is 5.56 Å². The van der Waals surface area contributed by atoms with E-state index in [1.807, 2.05) is 72.8 Å². The summed E-state index contributed by atoms with van der Waals surface area (Å²) in [5.74, 6) is 0. The van der Waals surface area contributed by atoms with E-state index in [4.69, 9.17) is 11.3 Å². The summed E-state index contributed by atoms with van der Waals surface area (Å²) in [6, 6.07) is 45.9. The molecular weight excluding hydrogens is 544 g/mol. The van der Waals surface area contributed by atoms with Crippen LogP contribution < -0.4 is 0 Å². The average molecular weight is 578 g/mol. The summed E-state index contributed by atoms with van der Waals surface area (Å²) in [5, 5.41) is 6.36. The van der Waals surface area contributed by atoms with Crippen molar-refractivity contribution in [1.29, 1.82) is 0 Å². The number of hydrogen-bond donors (Lipinski definition) is 0. The van der Waals surface area contributed by atoms with Crippen LogP contribution in [0, 0.1) is 0 Å². The maximum Gasteiger partial charge on any atom is 0.135 e. The molecule has 9 aromatic rings. The van der Waals surface area contributed by atoms with Gasteiger partial charge in [-0.3, -0.25) is 0 Å². The van der Waals surface area contributed by atoms with Crippen LogP contribution in [0.2, 0.25) is 0 Å². The number of para-hydroxylation sites is 1. The average Bonchev–Trinajstić information content (AvgIpc) is 3.54. The molecule has 0 N–H and O–H groups in total. The standard InChI is InChI=1S/C44H28O/c1-2-12-30(13-3-1)33-14-4-5-16-35(33)44-38-19-8-6-17-36(38)43(37-18-7-9-20-39(37)44)31-24-22-29(23-25-31)32-26-27-42-40(28-32)34-15-10-11-21-41(34)45-42/h1-28H/i1D,2D,3D,12D,13D. The zero-order valence-corrected chi connectivity index (χ0v) is 24.2. The molecule has 1 heteroatoms. The Labute approximate surface area is 268 Å². The summed E-state index contributed by atoms with van der Waals surface area (Å²) in [6.07, 6.45) is 0. The fourth-order valence-electron chi connectivity index (χ4n) is 6.77. The van der Waals surface area contributed by atoms with Gasteiger partial charge in [-0.05, 0) is 84.3 Å². The van der Waals surface area contributed by atoms with Crippen LogP contribution in [0.15, 0.2) is 174 Å². The highest BCUT2D eigenvalue weighted by atomic mass is 16.3. The number of hydrogen-bond acceptors (Lipinski definition) is 1. The number of fused-ring (bicyclic) bond motifs is 5. The summed E-state index contributed by atoms with van der Waals surface area (Å²) in [5.41, 5.74) is 8.74. The lowest BCUT2D eigenvalue weighted by molar-refractivity contribution is 0.669. The van der Waals surface area contributed by atoms with Gasteiger partial charge in [-0.25, -0.2) is 0 Å². The molecule has 0 amide bonds. The summed E-state index contributed by atoms with van der Waals surface area (Å²) in [4.78, 5) is 0. The Hall–Kier alpha value is -5.92. The van der Waals surface area contributed by atoms with Crippen LogP contribution in [0.25, 0.3) is 88.0 Å². The molecule has 210 valence electrons. The second kappa shape index (κ2) is 10.4. The van der Waals surface area contributed by atoms with E-state index in [2.05, 4.69) is 66.7 Å². The molecule has 0 aliphatic rings. The highest BCUT2D eigenvalue weighted by molar-refractivity contribution is 6.22. The van der Waals surface area contributed by atoms with E-state index in [-0.39, 0.29) is 29.7 Å². The van der Waals surface area contributed by atoms with E-state index in [0.717, 1.165) is 76.9 Å². The van der Waals surface area contributed by atoms with E-state index >= 15 is 0 Å². The van der Waals surface area contributed by atoms with Gasteiger partial charge in [0.1, 0.15) is 11.2 Å². The smallest absolute Gasteiger partial charge is 0.135 e. The van der Waals surface area contributed by atoms with Gasteiger partial charge >= 0.3 is 0 Å². The van der Waals surface area contributed by atoms with Crippen LogP contribution in [0.4, 0.5) is 0 Å². The van der Waals surface area contributed by atoms with Crippen LogP contribution >= 0.6 is 0 Å². The summed E-state index contributed by atoms with van der Waals surface area (Å²) < 4.78 is 48.5.